The summed E-state index contributed by atoms with van der Waals surface area (Å²) in [6.07, 6.45) is 4.26. The summed E-state index contributed by atoms with van der Waals surface area (Å²) in [5.41, 5.74) is 11.6. The van der Waals surface area contributed by atoms with Gasteiger partial charge in [-0.2, -0.15) is 0 Å². The van der Waals surface area contributed by atoms with Crippen molar-refractivity contribution in [3.05, 3.63) is 0 Å². The van der Waals surface area contributed by atoms with E-state index in [0.717, 1.165) is 25.7 Å². The van der Waals surface area contributed by atoms with Crippen LogP contribution in [0, 0.1) is 11.8 Å². The lowest BCUT2D eigenvalue weighted by Crippen LogP contribution is -2.50. The maximum absolute atomic E-state index is 11.9. The van der Waals surface area contributed by atoms with Crippen LogP contribution in [0.5, 0.6) is 0 Å². The van der Waals surface area contributed by atoms with Crippen LogP contribution in [0.4, 0.5) is 0 Å². The van der Waals surface area contributed by atoms with Gasteiger partial charge in [-0.25, -0.2) is 0 Å². The quantitative estimate of drug-likeness (QED) is 0.643. The van der Waals surface area contributed by atoms with Gasteiger partial charge in [0.25, 0.3) is 0 Å². The van der Waals surface area contributed by atoms with Crippen molar-refractivity contribution in [1.82, 2.24) is 5.32 Å². The third-order valence-corrected chi connectivity index (χ3v) is 3.85. The molecule has 1 amide bonds. The number of carbonyl (C=O) groups excluding carboxylic acids is 1. The van der Waals surface area contributed by atoms with E-state index in [1.807, 2.05) is 6.92 Å². The van der Waals surface area contributed by atoms with Gasteiger partial charge in [-0.05, 0) is 31.2 Å². The second-order valence-corrected chi connectivity index (χ2v) is 4.95. The maximum atomic E-state index is 11.9. The number of hydrogen-bond donors (Lipinski definition) is 3. The van der Waals surface area contributed by atoms with E-state index in [1.54, 1.807) is 0 Å². The van der Waals surface area contributed by atoms with Crippen molar-refractivity contribution < 1.29 is 4.79 Å². The molecule has 1 fully saturated rings. The van der Waals surface area contributed by atoms with Crippen molar-refractivity contribution in [1.29, 1.82) is 0 Å². The summed E-state index contributed by atoms with van der Waals surface area (Å²) in [5, 5.41) is 3.05. The Hall–Kier alpha value is -0.610. The smallest absolute Gasteiger partial charge is 0.237 e. The van der Waals surface area contributed by atoms with Gasteiger partial charge < -0.3 is 16.8 Å². The first kappa shape index (κ1) is 13.5. The fraction of sp³-hybridized carbons (Fsp3) is 0.917. The van der Waals surface area contributed by atoms with E-state index in [0.29, 0.717) is 12.5 Å². The molecule has 4 nitrogen and oxygen atoms in total. The molecule has 94 valence electrons. The Bertz CT molecular complexity index is 232. The Morgan fingerprint density at radius 3 is 2.75 bits per heavy atom. The molecule has 0 aromatic carbocycles. The van der Waals surface area contributed by atoms with Crippen LogP contribution in [-0.4, -0.2) is 24.5 Å². The largest absolute Gasteiger partial charge is 0.352 e. The van der Waals surface area contributed by atoms with Crippen LogP contribution in [-0.2, 0) is 4.79 Å². The van der Waals surface area contributed by atoms with Crippen molar-refractivity contribution >= 4 is 5.91 Å². The van der Waals surface area contributed by atoms with Gasteiger partial charge in [0.15, 0.2) is 0 Å². The molecule has 1 saturated carbocycles. The Labute approximate surface area is 98.1 Å². The summed E-state index contributed by atoms with van der Waals surface area (Å²) in [6.45, 7) is 4.72. The van der Waals surface area contributed by atoms with E-state index < -0.39 is 0 Å². The second-order valence-electron chi connectivity index (χ2n) is 4.95. The molecule has 0 radical (unpaired) electrons. The van der Waals surface area contributed by atoms with Gasteiger partial charge in [-0.1, -0.05) is 26.7 Å². The van der Waals surface area contributed by atoms with Gasteiger partial charge in [0.05, 0.1) is 6.04 Å². The minimum absolute atomic E-state index is 0.0142. The Morgan fingerprint density at radius 2 is 2.19 bits per heavy atom. The third-order valence-electron chi connectivity index (χ3n) is 3.85. The van der Waals surface area contributed by atoms with Crippen LogP contribution in [0.15, 0.2) is 0 Å². The molecular weight excluding hydrogens is 202 g/mol. The molecule has 0 aromatic heterocycles. The molecule has 5 N–H and O–H groups in total. The summed E-state index contributed by atoms with van der Waals surface area (Å²) >= 11 is 0. The fourth-order valence-electron chi connectivity index (χ4n) is 2.30. The SMILES string of the molecule is CCC(C)C(N)C(=O)NC1CCCC1CN. The van der Waals surface area contributed by atoms with Gasteiger partial charge in [-0.3, -0.25) is 4.79 Å². The molecule has 0 aliphatic heterocycles. The van der Waals surface area contributed by atoms with Gasteiger partial charge >= 0.3 is 0 Å². The first-order valence-electron chi connectivity index (χ1n) is 6.36. The van der Waals surface area contributed by atoms with Gasteiger partial charge in [0.2, 0.25) is 5.91 Å². The van der Waals surface area contributed by atoms with Crippen LogP contribution < -0.4 is 16.8 Å². The van der Waals surface area contributed by atoms with Crippen molar-refractivity contribution in [2.45, 2.75) is 51.6 Å². The Morgan fingerprint density at radius 1 is 1.50 bits per heavy atom. The van der Waals surface area contributed by atoms with E-state index in [1.165, 1.54) is 0 Å². The first-order chi connectivity index (χ1) is 7.60. The predicted molar refractivity (Wildman–Crippen MR) is 65.8 cm³/mol. The molecule has 1 aliphatic rings. The summed E-state index contributed by atoms with van der Waals surface area (Å²) < 4.78 is 0. The van der Waals surface area contributed by atoms with E-state index >= 15 is 0 Å². The number of nitrogens with one attached hydrogen (secondary N) is 1. The molecular formula is C12H25N3O. The fourth-order valence-corrected chi connectivity index (χ4v) is 2.30. The van der Waals surface area contributed by atoms with Crippen LogP contribution in [0.25, 0.3) is 0 Å². The Balaban J connectivity index is 2.44. The van der Waals surface area contributed by atoms with Gasteiger partial charge in [0, 0.05) is 6.04 Å². The number of carbonyl (C=O) groups is 1. The summed E-state index contributed by atoms with van der Waals surface area (Å²) in [5.74, 6) is 0.658. The Kier molecular flexibility index (Phi) is 5.22. The lowest BCUT2D eigenvalue weighted by atomic mass is 9.98. The van der Waals surface area contributed by atoms with Crippen molar-refractivity contribution in [2.75, 3.05) is 6.54 Å². The minimum Gasteiger partial charge on any atom is -0.352 e. The average molecular weight is 227 g/mol. The van der Waals surface area contributed by atoms with E-state index in [9.17, 15) is 4.79 Å². The molecule has 0 heterocycles. The first-order valence-corrected chi connectivity index (χ1v) is 6.36. The zero-order valence-electron chi connectivity index (χ0n) is 10.4. The molecule has 0 bridgehead atoms. The van der Waals surface area contributed by atoms with Gasteiger partial charge in [-0.15, -0.1) is 0 Å². The van der Waals surface area contributed by atoms with Crippen LogP contribution in [0.3, 0.4) is 0 Å². The topological polar surface area (TPSA) is 81.1 Å². The standard InChI is InChI=1S/C12H25N3O/c1-3-8(2)11(14)12(16)15-10-6-4-5-9(10)7-13/h8-11H,3-7,13-14H2,1-2H3,(H,15,16). The highest BCUT2D eigenvalue weighted by Crippen LogP contribution is 2.24. The third kappa shape index (κ3) is 3.19. The second kappa shape index (κ2) is 6.21. The van der Waals surface area contributed by atoms with Gasteiger partial charge in [0.1, 0.15) is 0 Å². The lowest BCUT2D eigenvalue weighted by molar-refractivity contribution is -0.124. The van der Waals surface area contributed by atoms with Crippen molar-refractivity contribution in [3.63, 3.8) is 0 Å². The highest BCUT2D eigenvalue weighted by Gasteiger charge is 2.29. The number of amides is 1. The van der Waals surface area contributed by atoms with E-state index in [-0.39, 0.29) is 23.9 Å². The maximum Gasteiger partial charge on any atom is 0.237 e. The molecule has 1 rings (SSSR count). The van der Waals surface area contributed by atoms with Crippen molar-refractivity contribution in [3.8, 4) is 0 Å². The van der Waals surface area contributed by atoms with Crippen LogP contribution in [0.2, 0.25) is 0 Å². The predicted octanol–water partition coefficient (Wildman–Crippen LogP) is 0.603. The lowest BCUT2D eigenvalue weighted by Gasteiger charge is -2.24. The van der Waals surface area contributed by atoms with Crippen molar-refractivity contribution in [2.24, 2.45) is 23.3 Å². The number of rotatable bonds is 5. The molecule has 4 atom stereocenters. The highest BCUT2D eigenvalue weighted by molar-refractivity contribution is 5.82. The number of nitrogens with two attached hydrogens (primary N) is 2. The molecule has 1 aliphatic carbocycles. The van der Waals surface area contributed by atoms with E-state index in [4.69, 9.17) is 11.5 Å². The molecule has 0 aromatic rings. The molecule has 0 spiro atoms. The van der Waals surface area contributed by atoms with E-state index in [2.05, 4.69) is 12.2 Å². The highest BCUT2D eigenvalue weighted by atomic mass is 16.2. The average Bonchev–Trinajstić information content (AvgIpc) is 2.74. The van der Waals surface area contributed by atoms with Crippen LogP contribution >= 0.6 is 0 Å². The zero-order valence-corrected chi connectivity index (χ0v) is 10.4. The normalized spacial score (nSPS) is 28.8. The number of hydrogen-bond acceptors (Lipinski definition) is 3. The molecule has 0 saturated heterocycles. The summed E-state index contributed by atoms with van der Waals surface area (Å²) in [4.78, 5) is 11.9. The van der Waals surface area contributed by atoms with Crippen LogP contribution in [0.1, 0.15) is 39.5 Å². The molecule has 4 heteroatoms. The zero-order chi connectivity index (χ0) is 12.1. The molecule has 4 unspecified atom stereocenters. The minimum atomic E-state index is -0.385. The molecule has 16 heavy (non-hydrogen) atoms. The monoisotopic (exact) mass is 227 g/mol. The summed E-state index contributed by atoms with van der Waals surface area (Å²) in [6, 6.07) is -0.142. The summed E-state index contributed by atoms with van der Waals surface area (Å²) in [7, 11) is 0.